The molecule has 1 atom stereocenters. The fraction of sp³-hybridized carbons (Fsp3) is 0.214. The van der Waals surface area contributed by atoms with E-state index in [-0.39, 0.29) is 16.6 Å². The SMILES string of the molecule is CC1=CCC(C=NS(=O)(=O)c2ccc(O)cc2)C=C1. The predicted molar refractivity (Wildman–Crippen MR) is 74.8 cm³/mol. The van der Waals surface area contributed by atoms with E-state index in [0.29, 0.717) is 0 Å². The zero-order valence-corrected chi connectivity index (χ0v) is 11.3. The highest BCUT2D eigenvalue weighted by Gasteiger charge is 2.12. The Hall–Kier alpha value is -1.88. The molecule has 2 rings (SSSR count). The Balaban J connectivity index is 2.14. The molecule has 0 bridgehead atoms. The Kier molecular flexibility index (Phi) is 3.85. The van der Waals surface area contributed by atoms with Crippen LogP contribution in [0.15, 0.2) is 57.4 Å². The van der Waals surface area contributed by atoms with Gasteiger partial charge in [0.25, 0.3) is 10.0 Å². The lowest BCUT2D eigenvalue weighted by atomic mass is 9.99. The first-order valence-corrected chi connectivity index (χ1v) is 7.36. The van der Waals surface area contributed by atoms with E-state index in [4.69, 9.17) is 5.11 Å². The minimum absolute atomic E-state index is 0.00981. The van der Waals surface area contributed by atoms with Crippen LogP contribution in [-0.2, 0) is 10.0 Å². The van der Waals surface area contributed by atoms with Crippen LogP contribution < -0.4 is 0 Å². The van der Waals surface area contributed by atoms with E-state index < -0.39 is 10.0 Å². The number of rotatable bonds is 3. The van der Waals surface area contributed by atoms with Crippen LogP contribution in [0.25, 0.3) is 0 Å². The van der Waals surface area contributed by atoms with Crippen molar-refractivity contribution in [3.05, 3.63) is 48.1 Å². The normalized spacial score (nSPS) is 19.6. The zero-order valence-electron chi connectivity index (χ0n) is 10.5. The molecule has 0 radical (unpaired) electrons. The topological polar surface area (TPSA) is 66.7 Å². The van der Waals surface area contributed by atoms with Crippen LogP contribution in [0.4, 0.5) is 0 Å². The van der Waals surface area contributed by atoms with Crippen LogP contribution in [0, 0.1) is 5.92 Å². The van der Waals surface area contributed by atoms with Crippen molar-refractivity contribution in [3.63, 3.8) is 0 Å². The molecule has 1 aliphatic carbocycles. The van der Waals surface area contributed by atoms with Gasteiger partial charge in [-0.3, -0.25) is 0 Å². The van der Waals surface area contributed by atoms with Gasteiger partial charge in [-0.05, 0) is 37.6 Å². The Morgan fingerprint density at radius 3 is 2.58 bits per heavy atom. The lowest BCUT2D eigenvalue weighted by Gasteiger charge is -2.09. The third-order valence-corrected chi connectivity index (χ3v) is 4.11. The summed E-state index contributed by atoms with van der Waals surface area (Å²) in [6.45, 7) is 2.00. The molecular weight excluding hydrogens is 262 g/mol. The average Bonchev–Trinajstić information content (AvgIpc) is 2.39. The summed E-state index contributed by atoms with van der Waals surface area (Å²) < 4.78 is 27.6. The largest absolute Gasteiger partial charge is 0.508 e. The quantitative estimate of drug-likeness (QED) is 0.864. The molecule has 1 aromatic rings. The van der Waals surface area contributed by atoms with E-state index in [1.54, 1.807) is 0 Å². The molecule has 4 nitrogen and oxygen atoms in total. The maximum atomic E-state index is 11.9. The molecule has 0 fully saturated rings. The molecule has 5 heteroatoms. The maximum absolute atomic E-state index is 11.9. The third kappa shape index (κ3) is 3.54. The van der Waals surface area contributed by atoms with Gasteiger partial charge in [0, 0.05) is 12.1 Å². The van der Waals surface area contributed by atoms with Crippen molar-refractivity contribution < 1.29 is 13.5 Å². The van der Waals surface area contributed by atoms with Gasteiger partial charge in [-0.25, -0.2) is 0 Å². The van der Waals surface area contributed by atoms with Crippen LogP contribution in [-0.4, -0.2) is 19.7 Å². The van der Waals surface area contributed by atoms with Crippen molar-refractivity contribution in [3.8, 4) is 5.75 Å². The van der Waals surface area contributed by atoms with Gasteiger partial charge in [-0.1, -0.05) is 23.8 Å². The average molecular weight is 277 g/mol. The van der Waals surface area contributed by atoms with Crippen LogP contribution in [0.5, 0.6) is 5.75 Å². The molecule has 0 amide bonds. The molecule has 0 heterocycles. The predicted octanol–water partition coefficient (Wildman–Crippen LogP) is 2.67. The van der Waals surface area contributed by atoms with Crippen LogP contribution in [0.1, 0.15) is 13.3 Å². The Morgan fingerprint density at radius 1 is 1.32 bits per heavy atom. The molecular formula is C14H15NO3S. The molecule has 1 unspecified atom stereocenters. The standard InChI is InChI=1S/C14H15NO3S/c1-11-2-4-12(5-3-11)10-15-19(17,18)14-8-6-13(16)7-9-14/h2-4,6-10,12,16H,5H2,1H3. The minimum atomic E-state index is -3.69. The second-order valence-electron chi connectivity index (χ2n) is 4.43. The summed E-state index contributed by atoms with van der Waals surface area (Å²) in [6.07, 6.45) is 8.14. The van der Waals surface area contributed by atoms with E-state index in [1.165, 1.54) is 36.1 Å². The summed E-state index contributed by atoms with van der Waals surface area (Å²) in [6, 6.07) is 5.33. The monoisotopic (exact) mass is 277 g/mol. The van der Waals surface area contributed by atoms with Crippen molar-refractivity contribution in [2.75, 3.05) is 0 Å². The molecule has 0 saturated carbocycles. The van der Waals surface area contributed by atoms with Gasteiger partial charge >= 0.3 is 0 Å². The van der Waals surface area contributed by atoms with E-state index >= 15 is 0 Å². The number of allylic oxidation sites excluding steroid dienone is 4. The fourth-order valence-corrected chi connectivity index (χ4v) is 2.61. The summed E-state index contributed by atoms with van der Waals surface area (Å²) in [5.41, 5.74) is 1.17. The molecule has 0 aromatic heterocycles. The number of phenolic OH excluding ortho intramolecular Hbond substituents is 1. The van der Waals surface area contributed by atoms with Gasteiger partial charge in [-0.15, -0.1) is 0 Å². The van der Waals surface area contributed by atoms with Crippen LogP contribution in [0.3, 0.4) is 0 Å². The van der Waals surface area contributed by atoms with Gasteiger partial charge in [-0.2, -0.15) is 12.8 Å². The summed E-state index contributed by atoms with van der Waals surface area (Å²) in [4.78, 5) is 0.0769. The second kappa shape index (κ2) is 5.40. The number of nitrogens with zero attached hydrogens (tertiary/aromatic N) is 1. The van der Waals surface area contributed by atoms with Gasteiger partial charge in [0.1, 0.15) is 5.75 Å². The Bertz CT molecular complexity index is 640. The molecule has 0 aliphatic heterocycles. The molecule has 0 saturated heterocycles. The smallest absolute Gasteiger partial charge is 0.281 e. The highest BCUT2D eigenvalue weighted by atomic mass is 32.2. The molecule has 1 aromatic carbocycles. The Morgan fingerprint density at radius 2 is 2.00 bits per heavy atom. The van der Waals surface area contributed by atoms with Gasteiger partial charge in [0.15, 0.2) is 0 Å². The van der Waals surface area contributed by atoms with Gasteiger partial charge in [0.05, 0.1) is 4.90 Å². The molecule has 1 N–H and O–H groups in total. The zero-order chi connectivity index (χ0) is 13.9. The van der Waals surface area contributed by atoms with Crippen molar-refractivity contribution in [2.45, 2.75) is 18.2 Å². The van der Waals surface area contributed by atoms with Crippen LogP contribution in [0.2, 0.25) is 0 Å². The fourth-order valence-electron chi connectivity index (χ4n) is 1.69. The number of phenols is 1. The molecule has 0 spiro atoms. The van der Waals surface area contributed by atoms with E-state index in [2.05, 4.69) is 4.40 Å². The number of hydrogen-bond donors (Lipinski definition) is 1. The second-order valence-corrected chi connectivity index (χ2v) is 6.06. The highest BCUT2D eigenvalue weighted by molar-refractivity contribution is 7.90. The molecule has 19 heavy (non-hydrogen) atoms. The number of benzene rings is 1. The van der Waals surface area contributed by atoms with E-state index in [1.807, 2.05) is 25.2 Å². The lowest BCUT2D eigenvalue weighted by Crippen LogP contribution is -2.04. The van der Waals surface area contributed by atoms with E-state index in [0.717, 1.165) is 6.42 Å². The summed E-state index contributed by atoms with van der Waals surface area (Å²) >= 11 is 0. The van der Waals surface area contributed by atoms with Crippen molar-refractivity contribution in [1.29, 1.82) is 0 Å². The van der Waals surface area contributed by atoms with E-state index in [9.17, 15) is 8.42 Å². The maximum Gasteiger partial charge on any atom is 0.281 e. The minimum Gasteiger partial charge on any atom is -0.508 e. The number of hydrogen-bond acceptors (Lipinski definition) is 3. The Labute approximate surface area is 112 Å². The van der Waals surface area contributed by atoms with Gasteiger partial charge in [0.2, 0.25) is 0 Å². The first kappa shape index (κ1) is 13.5. The first-order chi connectivity index (χ1) is 8.97. The third-order valence-electron chi connectivity index (χ3n) is 2.84. The van der Waals surface area contributed by atoms with Crippen LogP contribution >= 0.6 is 0 Å². The molecule has 100 valence electrons. The highest BCUT2D eigenvalue weighted by Crippen LogP contribution is 2.18. The number of aromatic hydroxyl groups is 1. The lowest BCUT2D eigenvalue weighted by molar-refractivity contribution is 0.475. The van der Waals surface area contributed by atoms with Crippen molar-refractivity contribution >= 4 is 16.2 Å². The first-order valence-electron chi connectivity index (χ1n) is 5.92. The van der Waals surface area contributed by atoms with Crippen molar-refractivity contribution in [1.82, 2.24) is 0 Å². The summed E-state index contributed by atoms with van der Waals surface area (Å²) in [7, 11) is -3.69. The molecule has 1 aliphatic rings. The van der Waals surface area contributed by atoms with Crippen molar-refractivity contribution in [2.24, 2.45) is 10.3 Å². The van der Waals surface area contributed by atoms with Gasteiger partial charge < -0.3 is 5.11 Å². The summed E-state index contributed by atoms with van der Waals surface area (Å²) in [5, 5.41) is 9.13. The summed E-state index contributed by atoms with van der Waals surface area (Å²) in [5.74, 6) is 0.0364. The number of sulfonamides is 1.